The summed E-state index contributed by atoms with van der Waals surface area (Å²) in [6, 6.07) is 6.65. The zero-order valence-corrected chi connectivity index (χ0v) is 17.6. The molecule has 0 spiro atoms. The maximum absolute atomic E-state index is 13.1. The van der Waals surface area contributed by atoms with Gasteiger partial charge in [0.2, 0.25) is 5.60 Å². The molecule has 156 valence electrons. The standard InChI is InChI=1S/C23H29NO5/c1-5-29-22(25)23(28-4)19-14-24-11-10-15-12-17(26-2)7-8-18(15)20(24)13-16(19)6-9-21(23)27-3/h6-9,12,19-20H,5,10-11,13-14H2,1-4H3/t19?,20?,23-/m0/s1. The van der Waals surface area contributed by atoms with Crippen molar-refractivity contribution in [3.05, 3.63) is 52.8 Å². The lowest BCUT2D eigenvalue weighted by atomic mass is 9.70. The lowest BCUT2D eigenvalue weighted by Gasteiger charge is -2.50. The molecule has 6 heteroatoms. The molecule has 0 radical (unpaired) electrons. The summed E-state index contributed by atoms with van der Waals surface area (Å²) >= 11 is 0. The second-order valence-corrected chi connectivity index (χ2v) is 7.72. The lowest BCUT2D eigenvalue weighted by molar-refractivity contribution is -0.176. The smallest absolute Gasteiger partial charge is 0.347 e. The predicted molar refractivity (Wildman–Crippen MR) is 109 cm³/mol. The quantitative estimate of drug-likeness (QED) is 0.710. The fraction of sp³-hybridized carbons (Fsp3) is 0.522. The summed E-state index contributed by atoms with van der Waals surface area (Å²) in [4.78, 5) is 15.5. The van der Waals surface area contributed by atoms with Crippen LogP contribution >= 0.6 is 0 Å². The monoisotopic (exact) mass is 399 g/mol. The van der Waals surface area contributed by atoms with Gasteiger partial charge >= 0.3 is 5.97 Å². The summed E-state index contributed by atoms with van der Waals surface area (Å²) in [7, 11) is 4.85. The highest BCUT2D eigenvalue weighted by Crippen LogP contribution is 2.49. The first-order valence-electron chi connectivity index (χ1n) is 10.2. The zero-order chi connectivity index (χ0) is 20.6. The molecule has 0 amide bonds. The average Bonchev–Trinajstić information content (AvgIpc) is 2.76. The maximum atomic E-state index is 13.1. The van der Waals surface area contributed by atoms with Crippen molar-refractivity contribution >= 4 is 5.97 Å². The van der Waals surface area contributed by atoms with Crippen LogP contribution in [0.1, 0.15) is 30.5 Å². The van der Waals surface area contributed by atoms with Crippen LogP contribution < -0.4 is 4.74 Å². The first kappa shape index (κ1) is 20.0. The maximum Gasteiger partial charge on any atom is 0.347 e. The molecular formula is C23H29NO5. The minimum absolute atomic E-state index is 0.137. The van der Waals surface area contributed by atoms with Crippen molar-refractivity contribution < 1.29 is 23.7 Å². The summed E-state index contributed by atoms with van der Waals surface area (Å²) in [6.45, 7) is 3.76. The van der Waals surface area contributed by atoms with Crippen LogP contribution in [0, 0.1) is 5.92 Å². The summed E-state index contributed by atoms with van der Waals surface area (Å²) in [5.74, 6) is 0.887. The van der Waals surface area contributed by atoms with E-state index in [4.69, 9.17) is 18.9 Å². The molecule has 1 saturated heterocycles. The minimum atomic E-state index is -1.24. The number of nitrogens with zero attached hydrogens (tertiary/aromatic N) is 1. The molecule has 2 heterocycles. The first-order valence-corrected chi connectivity index (χ1v) is 10.2. The second-order valence-electron chi connectivity index (χ2n) is 7.72. The number of carbonyl (C=O) groups excluding carboxylic acids is 1. The molecule has 29 heavy (non-hydrogen) atoms. The zero-order valence-electron chi connectivity index (χ0n) is 17.6. The summed E-state index contributed by atoms with van der Waals surface area (Å²) < 4.78 is 22.3. The van der Waals surface area contributed by atoms with E-state index < -0.39 is 5.60 Å². The molecule has 2 aliphatic heterocycles. The largest absolute Gasteiger partial charge is 0.497 e. The molecule has 0 N–H and O–H groups in total. The van der Waals surface area contributed by atoms with Crippen LogP contribution in [-0.2, 0) is 25.4 Å². The average molecular weight is 399 g/mol. The van der Waals surface area contributed by atoms with Crippen molar-refractivity contribution in [3.8, 4) is 5.75 Å². The Morgan fingerprint density at radius 1 is 1.21 bits per heavy atom. The Hall–Kier alpha value is -2.31. The lowest BCUT2D eigenvalue weighted by Crippen LogP contribution is -2.58. The number of benzene rings is 1. The molecular weight excluding hydrogens is 370 g/mol. The van der Waals surface area contributed by atoms with E-state index >= 15 is 0 Å². The molecule has 0 bridgehead atoms. The Bertz CT molecular complexity index is 861. The topological polar surface area (TPSA) is 57.2 Å². The Morgan fingerprint density at radius 3 is 2.72 bits per heavy atom. The predicted octanol–water partition coefficient (Wildman–Crippen LogP) is 3.03. The van der Waals surface area contributed by atoms with Gasteiger partial charge in [-0.05, 0) is 49.1 Å². The number of rotatable bonds is 5. The molecule has 1 aromatic carbocycles. The van der Waals surface area contributed by atoms with Gasteiger partial charge in [-0.1, -0.05) is 17.7 Å². The van der Waals surface area contributed by atoms with Crippen LogP contribution in [0.2, 0.25) is 0 Å². The van der Waals surface area contributed by atoms with Crippen LogP contribution in [0.5, 0.6) is 5.75 Å². The Morgan fingerprint density at radius 2 is 2.03 bits per heavy atom. The van der Waals surface area contributed by atoms with E-state index in [2.05, 4.69) is 23.1 Å². The Labute approximate surface area is 172 Å². The van der Waals surface area contributed by atoms with Crippen LogP contribution in [0.25, 0.3) is 0 Å². The van der Waals surface area contributed by atoms with Crippen molar-refractivity contribution in [1.82, 2.24) is 4.90 Å². The number of esters is 1. The number of hydrogen-bond acceptors (Lipinski definition) is 6. The van der Waals surface area contributed by atoms with Gasteiger partial charge in [-0.25, -0.2) is 4.79 Å². The third-order valence-electron chi connectivity index (χ3n) is 6.54. The molecule has 2 unspecified atom stereocenters. The number of ether oxygens (including phenoxy) is 4. The van der Waals surface area contributed by atoms with E-state index in [1.165, 1.54) is 16.7 Å². The van der Waals surface area contributed by atoms with Crippen molar-refractivity contribution in [3.63, 3.8) is 0 Å². The molecule has 1 fully saturated rings. The molecule has 4 rings (SSSR count). The van der Waals surface area contributed by atoms with Gasteiger partial charge in [0.25, 0.3) is 0 Å². The van der Waals surface area contributed by atoms with Gasteiger partial charge in [0.05, 0.1) is 20.8 Å². The third-order valence-corrected chi connectivity index (χ3v) is 6.54. The highest BCUT2D eigenvalue weighted by Gasteiger charge is 2.57. The van der Waals surface area contributed by atoms with Crippen molar-refractivity contribution in [2.45, 2.75) is 31.4 Å². The first-order chi connectivity index (χ1) is 14.1. The molecule has 0 saturated carbocycles. The number of methoxy groups -OCH3 is 3. The van der Waals surface area contributed by atoms with E-state index in [-0.39, 0.29) is 11.9 Å². The normalized spacial score (nSPS) is 28.3. The van der Waals surface area contributed by atoms with Crippen LogP contribution in [-0.4, -0.2) is 57.5 Å². The Balaban J connectivity index is 1.72. The highest BCUT2D eigenvalue weighted by molar-refractivity contribution is 5.85. The number of piperidine rings is 1. The molecule has 1 aromatic rings. The SMILES string of the molecule is CCOC(=O)[C@@]1(OC)C(OC)=CC=C2CC3c4ccc(OC)cc4CCN3CC21. The van der Waals surface area contributed by atoms with Crippen LogP contribution in [0.15, 0.2) is 41.7 Å². The van der Waals surface area contributed by atoms with Gasteiger partial charge in [-0.15, -0.1) is 0 Å². The fourth-order valence-corrected chi connectivity index (χ4v) is 5.12. The summed E-state index contributed by atoms with van der Waals surface area (Å²) in [5, 5.41) is 0. The Kier molecular flexibility index (Phi) is 5.40. The number of allylic oxidation sites excluding steroid dienone is 2. The summed E-state index contributed by atoms with van der Waals surface area (Å²) in [5.41, 5.74) is 2.65. The van der Waals surface area contributed by atoms with Gasteiger partial charge in [0.15, 0.2) is 0 Å². The van der Waals surface area contributed by atoms with Crippen molar-refractivity contribution in [2.75, 3.05) is 41.0 Å². The van der Waals surface area contributed by atoms with Crippen LogP contribution in [0.4, 0.5) is 0 Å². The number of hydrogen-bond donors (Lipinski definition) is 0. The van der Waals surface area contributed by atoms with Gasteiger partial charge in [0, 0.05) is 32.2 Å². The van der Waals surface area contributed by atoms with E-state index in [0.29, 0.717) is 18.4 Å². The van der Waals surface area contributed by atoms with Gasteiger partial charge in [-0.2, -0.15) is 0 Å². The third kappa shape index (κ3) is 3.06. The highest BCUT2D eigenvalue weighted by atomic mass is 16.6. The fourth-order valence-electron chi connectivity index (χ4n) is 5.12. The van der Waals surface area contributed by atoms with E-state index in [1.807, 2.05) is 19.1 Å². The van der Waals surface area contributed by atoms with Crippen LogP contribution in [0.3, 0.4) is 0 Å². The summed E-state index contributed by atoms with van der Waals surface area (Å²) in [6.07, 6.45) is 5.76. The minimum Gasteiger partial charge on any atom is -0.497 e. The van der Waals surface area contributed by atoms with Crippen molar-refractivity contribution in [1.29, 1.82) is 0 Å². The van der Waals surface area contributed by atoms with Gasteiger partial charge in [0.1, 0.15) is 11.5 Å². The van der Waals surface area contributed by atoms with Gasteiger partial charge < -0.3 is 18.9 Å². The van der Waals surface area contributed by atoms with Gasteiger partial charge in [-0.3, -0.25) is 4.90 Å². The van der Waals surface area contributed by atoms with E-state index in [0.717, 1.165) is 31.7 Å². The van der Waals surface area contributed by atoms with E-state index in [9.17, 15) is 4.79 Å². The molecule has 3 atom stereocenters. The molecule has 6 nitrogen and oxygen atoms in total. The second kappa shape index (κ2) is 7.84. The number of carbonyl (C=O) groups is 1. The molecule has 0 aromatic heterocycles. The van der Waals surface area contributed by atoms with Crippen molar-refractivity contribution in [2.24, 2.45) is 5.92 Å². The number of fused-ring (bicyclic) bond motifs is 4. The molecule has 1 aliphatic carbocycles. The molecule has 3 aliphatic rings. The van der Waals surface area contributed by atoms with E-state index in [1.54, 1.807) is 21.3 Å².